The molecule has 0 radical (unpaired) electrons. The monoisotopic (exact) mass is 346 g/mol. The average Bonchev–Trinajstić information content (AvgIpc) is 3.16. The number of amides is 1. The van der Waals surface area contributed by atoms with Gasteiger partial charge in [0.25, 0.3) is 5.91 Å². The van der Waals surface area contributed by atoms with Gasteiger partial charge < -0.3 is 14.4 Å². The number of ether oxygens (including phenoxy) is 2. The molecule has 0 aliphatic carbocycles. The molecule has 1 saturated heterocycles. The van der Waals surface area contributed by atoms with Gasteiger partial charge in [0.05, 0.1) is 0 Å². The number of nitrogens with zero attached hydrogens (tertiary/aromatic N) is 4. The Labute approximate surface area is 143 Å². The lowest BCUT2D eigenvalue weighted by Crippen LogP contribution is -2.48. The maximum atomic E-state index is 12.3. The van der Waals surface area contributed by atoms with Gasteiger partial charge in [-0.3, -0.25) is 9.69 Å². The first kappa shape index (κ1) is 15.3. The van der Waals surface area contributed by atoms with E-state index < -0.39 is 0 Å². The molecule has 1 aromatic carbocycles. The highest BCUT2D eigenvalue weighted by Gasteiger charge is 2.24. The van der Waals surface area contributed by atoms with E-state index in [4.69, 9.17) is 9.47 Å². The number of rotatable bonds is 3. The molecule has 2 aromatic rings. The molecule has 0 spiro atoms. The number of hydrogen-bond acceptors (Lipinski definition) is 7. The smallest absolute Gasteiger partial charge is 0.275 e. The Balaban J connectivity index is 1.34. The Bertz CT molecular complexity index is 714. The van der Waals surface area contributed by atoms with E-state index in [1.165, 1.54) is 17.1 Å². The second kappa shape index (κ2) is 6.74. The van der Waals surface area contributed by atoms with Gasteiger partial charge in [0, 0.05) is 38.1 Å². The molecular formula is C16H18N4O3S. The average molecular weight is 346 g/mol. The van der Waals surface area contributed by atoms with Crippen LogP contribution in [0.4, 0.5) is 0 Å². The van der Waals surface area contributed by atoms with Crippen LogP contribution in [0.5, 0.6) is 11.5 Å². The SMILES string of the molecule is O=C(c1csnn1)N1CCN(Cc2ccc3c(c2)OCCO3)CC1. The Morgan fingerprint density at radius 2 is 1.92 bits per heavy atom. The van der Waals surface area contributed by atoms with Crippen molar-refractivity contribution in [3.8, 4) is 11.5 Å². The second-order valence-corrected chi connectivity index (χ2v) is 6.45. The summed E-state index contributed by atoms with van der Waals surface area (Å²) < 4.78 is 14.9. The standard InChI is InChI=1S/C16H18N4O3S/c21-16(13-11-24-18-17-13)20-5-3-19(4-6-20)10-12-1-2-14-15(9-12)23-8-7-22-14/h1-2,9,11H,3-8,10H2. The molecule has 2 aliphatic rings. The molecule has 0 atom stereocenters. The van der Waals surface area contributed by atoms with Crippen LogP contribution >= 0.6 is 11.5 Å². The van der Waals surface area contributed by atoms with Gasteiger partial charge in [-0.2, -0.15) is 0 Å². The minimum absolute atomic E-state index is 0.0253. The van der Waals surface area contributed by atoms with Crippen molar-refractivity contribution in [2.24, 2.45) is 0 Å². The third kappa shape index (κ3) is 3.20. The van der Waals surface area contributed by atoms with Gasteiger partial charge in [-0.25, -0.2) is 0 Å². The van der Waals surface area contributed by atoms with Gasteiger partial charge >= 0.3 is 0 Å². The number of benzene rings is 1. The molecule has 8 heteroatoms. The second-order valence-electron chi connectivity index (χ2n) is 5.84. The summed E-state index contributed by atoms with van der Waals surface area (Å²) in [5, 5.41) is 5.56. The predicted octanol–water partition coefficient (Wildman–Crippen LogP) is 1.27. The summed E-state index contributed by atoms with van der Waals surface area (Å²) in [4.78, 5) is 16.5. The topological polar surface area (TPSA) is 67.8 Å². The Kier molecular flexibility index (Phi) is 4.31. The van der Waals surface area contributed by atoms with E-state index in [0.29, 0.717) is 32.0 Å². The first-order chi connectivity index (χ1) is 11.8. The van der Waals surface area contributed by atoms with E-state index in [1.54, 1.807) is 5.38 Å². The third-order valence-corrected chi connectivity index (χ3v) is 4.76. The van der Waals surface area contributed by atoms with Crippen molar-refractivity contribution in [1.82, 2.24) is 19.4 Å². The number of piperazine rings is 1. The van der Waals surface area contributed by atoms with E-state index >= 15 is 0 Å². The number of hydrogen-bond donors (Lipinski definition) is 0. The zero-order valence-corrected chi connectivity index (χ0v) is 14.0. The summed E-state index contributed by atoms with van der Waals surface area (Å²) in [7, 11) is 0. The summed E-state index contributed by atoms with van der Waals surface area (Å²) >= 11 is 1.20. The molecule has 1 aromatic heterocycles. The lowest BCUT2D eigenvalue weighted by molar-refractivity contribution is 0.0622. The number of aromatic nitrogens is 2. The molecule has 2 aliphatic heterocycles. The lowest BCUT2D eigenvalue weighted by atomic mass is 10.1. The highest BCUT2D eigenvalue weighted by atomic mass is 32.1. The third-order valence-electron chi connectivity index (χ3n) is 4.25. The normalized spacial score (nSPS) is 17.8. The highest BCUT2D eigenvalue weighted by Crippen LogP contribution is 2.31. The van der Waals surface area contributed by atoms with Gasteiger partial charge in [0.1, 0.15) is 13.2 Å². The van der Waals surface area contributed by atoms with Crippen molar-refractivity contribution >= 4 is 17.4 Å². The van der Waals surface area contributed by atoms with E-state index in [1.807, 2.05) is 17.0 Å². The Hall–Kier alpha value is -2.19. The first-order valence-electron chi connectivity index (χ1n) is 7.97. The van der Waals surface area contributed by atoms with Gasteiger partial charge in [-0.05, 0) is 29.2 Å². The van der Waals surface area contributed by atoms with Crippen LogP contribution < -0.4 is 9.47 Å². The largest absolute Gasteiger partial charge is 0.486 e. The maximum absolute atomic E-state index is 12.3. The fourth-order valence-electron chi connectivity index (χ4n) is 2.97. The van der Waals surface area contributed by atoms with Gasteiger partial charge in [-0.15, -0.1) is 5.10 Å². The Morgan fingerprint density at radius 3 is 2.67 bits per heavy atom. The quantitative estimate of drug-likeness (QED) is 0.834. The summed E-state index contributed by atoms with van der Waals surface area (Å²) in [6, 6.07) is 6.10. The van der Waals surface area contributed by atoms with Crippen molar-refractivity contribution in [1.29, 1.82) is 0 Å². The molecule has 3 heterocycles. The highest BCUT2D eigenvalue weighted by molar-refractivity contribution is 7.03. The molecular weight excluding hydrogens is 328 g/mol. The molecule has 0 saturated carbocycles. The zero-order valence-electron chi connectivity index (χ0n) is 13.2. The maximum Gasteiger partial charge on any atom is 0.275 e. The molecule has 1 fully saturated rings. The van der Waals surface area contributed by atoms with Crippen molar-refractivity contribution in [2.45, 2.75) is 6.54 Å². The van der Waals surface area contributed by atoms with Crippen LogP contribution in [0.25, 0.3) is 0 Å². The minimum Gasteiger partial charge on any atom is -0.486 e. The van der Waals surface area contributed by atoms with Crippen molar-refractivity contribution < 1.29 is 14.3 Å². The van der Waals surface area contributed by atoms with Gasteiger partial charge in [-0.1, -0.05) is 10.6 Å². The molecule has 1 amide bonds. The minimum atomic E-state index is -0.0253. The Morgan fingerprint density at radius 1 is 1.12 bits per heavy atom. The summed E-state index contributed by atoms with van der Waals surface area (Å²) in [5.41, 5.74) is 1.64. The fourth-order valence-corrected chi connectivity index (χ4v) is 3.40. The molecule has 7 nitrogen and oxygen atoms in total. The fraction of sp³-hybridized carbons (Fsp3) is 0.438. The number of fused-ring (bicyclic) bond motifs is 1. The van der Waals surface area contributed by atoms with Crippen molar-refractivity contribution in [3.63, 3.8) is 0 Å². The van der Waals surface area contributed by atoms with Gasteiger partial charge in [0.2, 0.25) is 0 Å². The van der Waals surface area contributed by atoms with Crippen molar-refractivity contribution in [2.75, 3.05) is 39.4 Å². The lowest BCUT2D eigenvalue weighted by Gasteiger charge is -2.34. The molecule has 0 N–H and O–H groups in total. The predicted molar refractivity (Wildman–Crippen MR) is 88.5 cm³/mol. The van der Waals surface area contributed by atoms with Crippen LogP contribution in [0, 0.1) is 0 Å². The molecule has 4 rings (SSSR count). The summed E-state index contributed by atoms with van der Waals surface area (Å²) in [6.45, 7) is 5.16. The van der Waals surface area contributed by atoms with E-state index in [9.17, 15) is 4.79 Å². The summed E-state index contributed by atoms with van der Waals surface area (Å²) in [6.07, 6.45) is 0. The van der Waals surface area contributed by atoms with Crippen LogP contribution in [0.1, 0.15) is 16.1 Å². The van der Waals surface area contributed by atoms with E-state index in [2.05, 4.69) is 20.6 Å². The number of carbonyl (C=O) groups excluding carboxylic acids is 1. The van der Waals surface area contributed by atoms with Gasteiger partial charge in [0.15, 0.2) is 17.2 Å². The van der Waals surface area contributed by atoms with E-state index in [0.717, 1.165) is 31.1 Å². The number of carbonyl (C=O) groups is 1. The van der Waals surface area contributed by atoms with Crippen LogP contribution in [0.2, 0.25) is 0 Å². The van der Waals surface area contributed by atoms with E-state index in [-0.39, 0.29) is 5.91 Å². The molecule has 126 valence electrons. The van der Waals surface area contributed by atoms with Crippen molar-refractivity contribution in [3.05, 3.63) is 34.8 Å². The van der Waals surface area contributed by atoms with Crippen LogP contribution in [-0.4, -0.2) is 64.7 Å². The van der Waals surface area contributed by atoms with Crippen LogP contribution in [0.3, 0.4) is 0 Å². The molecule has 0 bridgehead atoms. The summed E-state index contributed by atoms with van der Waals surface area (Å²) in [5.74, 6) is 1.61. The van der Waals surface area contributed by atoms with Crippen LogP contribution in [-0.2, 0) is 6.54 Å². The molecule has 24 heavy (non-hydrogen) atoms. The first-order valence-corrected chi connectivity index (χ1v) is 8.80. The molecule has 0 unspecified atom stereocenters. The zero-order chi connectivity index (χ0) is 16.4. The van der Waals surface area contributed by atoms with Crippen LogP contribution in [0.15, 0.2) is 23.6 Å².